The van der Waals surface area contributed by atoms with Gasteiger partial charge in [0.1, 0.15) is 0 Å². The van der Waals surface area contributed by atoms with E-state index in [1.165, 1.54) is 0 Å². The first-order valence-corrected chi connectivity index (χ1v) is 8.35. The van der Waals surface area contributed by atoms with Gasteiger partial charge in [0, 0.05) is 38.7 Å². The number of hydrogen-bond acceptors (Lipinski definition) is 5. The fraction of sp³-hybridized carbons (Fsp3) is 0.389. The van der Waals surface area contributed by atoms with Crippen molar-refractivity contribution in [2.75, 3.05) is 7.11 Å². The minimum Gasteiger partial charge on any atom is -0.481 e. The van der Waals surface area contributed by atoms with Crippen LogP contribution in [0.2, 0.25) is 0 Å². The van der Waals surface area contributed by atoms with Gasteiger partial charge in [-0.05, 0) is 23.6 Å². The number of nitrogens with one attached hydrogen (secondary N) is 1. The quantitative estimate of drug-likeness (QED) is 0.715. The summed E-state index contributed by atoms with van der Waals surface area (Å²) in [7, 11) is 3.59. The minimum atomic E-state index is 0.349. The lowest BCUT2D eigenvalue weighted by Gasteiger charge is -2.09. The number of ether oxygens (including phenoxy) is 1. The van der Waals surface area contributed by atoms with Gasteiger partial charge in [-0.2, -0.15) is 10.2 Å². The third-order valence-electron chi connectivity index (χ3n) is 4.04. The van der Waals surface area contributed by atoms with E-state index in [2.05, 4.69) is 40.4 Å². The molecule has 0 amide bonds. The highest BCUT2D eigenvalue weighted by Crippen LogP contribution is 2.26. The van der Waals surface area contributed by atoms with E-state index < -0.39 is 0 Å². The van der Waals surface area contributed by atoms with Crippen LogP contribution in [0.25, 0.3) is 5.82 Å². The first-order valence-electron chi connectivity index (χ1n) is 8.35. The van der Waals surface area contributed by atoms with E-state index in [-0.39, 0.29) is 0 Å². The molecule has 25 heavy (non-hydrogen) atoms. The van der Waals surface area contributed by atoms with Crippen molar-refractivity contribution in [3.05, 3.63) is 53.6 Å². The smallest absolute Gasteiger partial charge is 0.216 e. The third-order valence-corrected chi connectivity index (χ3v) is 4.04. The van der Waals surface area contributed by atoms with Crippen LogP contribution in [0.4, 0.5) is 0 Å². The summed E-state index contributed by atoms with van der Waals surface area (Å²) in [5.41, 5.74) is 3.30. The monoisotopic (exact) mass is 340 g/mol. The Bertz CT molecular complexity index is 805. The van der Waals surface area contributed by atoms with Gasteiger partial charge in [-0.25, -0.2) is 14.3 Å². The fourth-order valence-electron chi connectivity index (χ4n) is 2.85. The Hall–Kier alpha value is -2.67. The lowest BCUT2D eigenvalue weighted by molar-refractivity contribution is 0.368. The fourth-order valence-corrected chi connectivity index (χ4v) is 2.85. The van der Waals surface area contributed by atoms with Crippen molar-refractivity contribution in [2.45, 2.75) is 32.9 Å². The predicted octanol–water partition coefficient (Wildman–Crippen LogP) is 2.42. The van der Waals surface area contributed by atoms with E-state index in [4.69, 9.17) is 4.74 Å². The van der Waals surface area contributed by atoms with Gasteiger partial charge < -0.3 is 10.1 Å². The Balaban J connectivity index is 1.65. The van der Waals surface area contributed by atoms with Crippen LogP contribution in [-0.4, -0.2) is 31.7 Å². The van der Waals surface area contributed by atoms with Crippen LogP contribution in [-0.2, 0) is 20.1 Å². The molecule has 0 unspecified atom stereocenters. The Kier molecular flexibility index (Phi) is 5.14. The van der Waals surface area contributed by atoms with Gasteiger partial charge in [0.05, 0.1) is 18.4 Å². The van der Waals surface area contributed by atoms with Crippen LogP contribution in [0.1, 0.15) is 36.6 Å². The van der Waals surface area contributed by atoms with Crippen LogP contribution < -0.4 is 10.1 Å². The number of hydrogen-bond donors (Lipinski definition) is 1. The summed E-state index contributed by atoms with van der Waals surface area (Å²) < 4.78 is 9.05. The van der Waals surface area contributed by atoms with Gasteiger partial charge >= 0.3 is 0 Å². The Morgan fingerprint density at radius 2 is 2.08 bits per heavy atom. The maximum atomic E-state index is 5.51. The molecule has 0 atom stereocenters. The van der Waals surface area contributed by atoms with Crippen LogP contribution in [0.3, 0.4) is 0 Å². The second-order valence-corrected chi connectivity index (χ2v) is 6.23. The summed E-state index contributed by atoms with van der Waals surface area (Å²) in [6.07, 6.45) is 5.49. The van der Waals surface area contributed by atoms with Gasteiger partial charge in [0.2, 0.25) is 5.88 Å². The average Bonchev–Trinajstić information content (AvgIpc) is 3.23. The van der Waals surface area contributed by atoms with Crippen molar-refractivity contribution in [1.29, 1.82) is 0 Å². The van der Waals surface area contributed by atoms with Crippen molar-refractivity contribution in [1.82, 2.24) is 29.9 Å². The maximum Gasteiger partial charge on any atom is 0.216 e. The molecule has 3 heterocycles. The lowest BCUT2D eigenvalue weighted by atomic mass is 10.1. The van der Waals surface area contributed by atoms with Crippen LogP contribution in [0.15, 0.2) is 36.8 Å². The summed E-state index contributed by atoms with van der Waals surface area (Å²) in [4.78, 5) is 4.45. The van der Waals surface area contributed by atoms with E-state index in [9.17, 15) is 0 Å². The summed E-state index contributed by atoms with van der Waals surface area (Å²) in [6, 6.07) is 5.90. The SMILES string of the molecule is COc1c(CNCc2ccc(-n3cccn3)nc2)c(C(C)C)nn1C. The van der Waals surface area contributed by atoms with Crippen LogP contribution in [0, 0.1) is 0 Å². The molecule has 0 aliphatic carbocycles. The van der Waals surface area contributed by atoms with Crippen molar-refractivity contribution in [2.24, 2.45) is 7.05 Å². The zero-order valence-corrected chi connectivity index (χ0v) is 15.1. The third kappa shape index (κ3) is 3.71. The molecular formula is C18H24N6O. The minimum absolute atomic E-state index is 0.349. The van der Waals surface area contributed by atoms with E-state index >= 15 is 0 Å². The molecule has 0 bridgehead atoms. The number of methoxy groups -OCH3 is 1. The molecule has 7 heteroatoms. The molecule has 0 radical (unpaired) electrons. The second kappa shape index (κ2) is 7.48. The van der Waals surface area contributed by atoms with Gasteiger partial charge in [-0.1, -0.05) is 19.9 Å². The molecule has 3 rings (SSSR count). The number of aromatic nitrogens is 5. The average molecular weight is 340 g/mol. The zero-order valence-electron chi connectivity index (χ0n) is 15.1. The topological polar surface area (TPSA) is 69.8 Å². The molecule has 0 aliphatic rings. The second-order valence-electron chi connectivity index (χ2n) is 6.23. The van der Waals surface area contributed by atoms with Gasteiger partial charge in [-0.15, -0.1) is 0 Å². The Morgan fingerprint density at radius 1 is 1.24 bits per heavy atom. The molecule has 132 valence electrons. The molecular weight excluding hydrogens is 316 g/mol. The molecule has 0 saturated carbocycles. The Morgan fingerprint density at radius 3 is 2.68 bits per heavy atom. The zero-order chi connectivity index (χ0) is 17.8. The van der Waals surface area contributed by atoms with E-state index in [1.54, 1.807) is 22.7 Å². The number of rotatable bonds is 7. The van der Waals surface area contributed by atoms with E-state index in [1.807, 2.05) is 31.6 Å². The summed E-state index contributed by atoms with van der Waals surface area (Å²) >= 11 is 0. The number of pyridine rings is 1. The van der Waals surface area contributed by atoms with Crippen molar-refractivity contribution < 1.29 is 4.74 Å². The first kappa shape index (κ1) is 17.2. The highest BCUT2D eigenvalue weighted by atomic mass is 16.5. The highest BCUT2D eigenvalue weighted by molar-refractivity contribution is 5.33. The molecule has 0 fully saturated rings. The molecule has 0 saturated heterocycles. The maximum absolute atomic E-state index is 5.51. The summed E-state index contributed by atoms with van der Waals surface area (Å²) in [5, 5.41) is 12.2. The molecule has 0 spiro atoms. The highest BCUT2D eigenvalue weighted by Gasteiger charge is 2.18. The predicted molar refractivity (Wildman–Crippen MR) is 95.8 cm³/mol. The van der Waals surface area contributed by atoms with Gasteiger partial charge in [0.25, 0.3) is 0 Å². The van der Waals surface area contributed by atoms with Crippen LogP contribution in [0.5, 0.6) is 5.88 Å². The lowest BCUT2D eigenvalue weighted by Crippen LogP contribution is -2.15. The number of nitrogens with zero attached hydrogens (tertiary/aromatic N) is 5. The molecule has 3 aromatic heterocycles. The Labute approximate surface area is 147 Å². The summed E-state index contributed by atoms with van der Waals surface area (Å²) in [6.45, 7) is 5.71. The molecule has 1 N–H and O–H groups in total. The molecule has 0 aromatic carbocycles. The van der Waals surface area contributed by atoms with Gasteiger partial charge in [-0.3, -0.25) is 0 Å². The van der Waals surface area contributed by atoms with Crippen molar-refractivity contribution >= 4 is 0 Å². The largest absolute Gasteiger partial charge is 0.481 e. The standard InChI is InChI=1S/C18H24N6O/c1-13(2)17-15(18(25-4)23(3)22-17)12-19-10-14-6-7-16(20-11-14)24-9-5-8-21-24/h5-9,11,13,19H,10,12H2,1-4H3. The first-order chi connectivity index (χ1) is 12.1. The summed E-state index contributed by atoms with van der Waals surface area (Å²) in [5.74, 6) is 1.97. The van der Waals surface area contributed by atoms with E-state index in [0.717, 1.165) is 35.1 Å². The molecule has 0 aliphatic heterocycles. The molecule has 3 aromatic rings. The molecule has 7 nitrogen and oxygen atoms in total. The van der Waals surface area contributed by atoms with Crippen molar-refractivity contribution in [3.8, 4) is 11.7 Å². The van der Waals surface area contributed by atoms with Crippen LogP contribution >= 0.6 is 0 Å². The number of aryl methyl sites for hydroxylation is 1. The van der Waals surface area contributed by atoms with E-state index in [0.29, 0.717) is 12.5 Å². The van der Waals surface area contributed by atoms with Gasteiger partial charge in [0.15, 0.2) is 5.82 Å². The normalized spacial score (nSPS) is 11.2. The van der Waals surface area contributed by atoms with Crippen molar-refractivity contribution in [3.63, 3.8) is 0 Å².